The summed E-state index contributed by atoms with van der Waals surface area (Å²) in [6, 6.07) is 0.205. The fourth-order valence-corrected chi connectivity index (χ4v) is 1.88. The van der Waals surface area contributed by atoms with E-state index in [9.17, 15) is 0 Å². The lowest BCUT2D eigenvalue weighted by molar-refractivity contribution is 0.182. The van der Waals surface area contributed by atoms with E-state index in [0.717, 1.165) is 30.1 Å². The third-order valence-electron chi connectivity index (χ3n) is 2.98. The Bertz CT molecular complexity index is 338. The van der Waals surface area contributed by atoms with Crippen molar-refractivity contribution in [3.63, 3.8) is 0 Å². The quantitative estimate of drug-likeness (QED) is 0.816. The number of nitrogens with zero attached hydrogens (tertiary/aromatic N) is 2. The molecule has 4 nitrogen and oxygen atoms in total. The lowest BCUT2D eigenvalue weighted by Crippen LogP contribution is -2.27. The maximum absolute atomic E-state index is 6.12. The first-order valence-electron chi connectivity index (χ1n) is 6.01. The highest BCUT2D eigenvalue weighted by Gasteiger charge is 2.13. The van der Waals surface area contributed by atoms with Gasteiger partial charge in [-0.05, 0) is 18.8 Å². The summed E-state index contributed by atoms with van der Waals surface area (Å²) < 4.78 is 6.95. The van der Waals surface area contributed by atoms with E-state index in [1.54, 1.807) is 13.3 Å². The average molecular weight is 260 g/mol. The molecular formula is C12H22ClN3O. The SMILES string of the molecule is COCCn1ncc(Cl)c1CCC(N)C(C)C. The summed E-state index contributed by atoms with van der Waals surface area (Å²) >= 11 is 6.12. The van der Waals surface area contributed by atoms with Gasteiger partial charge in [0.1, 0.15) is 0 Å². The van der Waals surface area contributed by atoms with Gasteiger partial charge in [-0.15, -0.1) is 0 Å². The smallest absolute Gasteiger partial charge is 0.0817 e. The molecule has 0 saturated carbocycles. The van der Waals surface area contributed by atoms with Crippen molar-refractivity contribution in [3.8, 4) is 0 Å². The maximum Gasteiger partial charge on any atom is 0.0817 e. The summed E-state index contributed by atoms with van der Waals surface area (Å²) in [6.45, 7) is 5.64. The van der Waals surface area contributed by atoms with Crippen molar-refractivity contribution in [1.29, 1.82) is 0 Å². The molecule has 0 aromatic carbocycles. The molecule has 2 N–H and O–H groups in total. The molecule has 1 rings (SSSR count). The third kappa shape index (κ3) is 4.30. The first kappa shape index (κ1) is 14.5. The zero-order valence-corrected chi connectivity index (χ0v) is 11.6. The predicted octanol–water partition coefficient (Wildman–Crippen LogP) is 2.10. The van der Waals surface area contributed by atoms with E-state index in [-0.39, 0.29) is 6.04 Å². The van der Waals surface area contributed by atoms with E-state index < -0.39 is 0 Å². The van der Waals surface area contributed by atoms with E-state index >= 15 is 0 Å². The topological polar surface area (TPSA) is 53.1 Å². The van der Waals surface area contributed by atoms with E-state index in [0.29, 0.717) is 12.5 Å². The van der Waals surface area contributed by atoms with Crippen LogP contribution in [0.5, 0.6) is 0 Å². The van der Waals surface area contributed by atoms with Crippen LogP contribution in [0.3, 0.4) is 0 Å². The summed E-state index contributed by atoms with van der Waals surface area (Å²) in [7, 11) is 1.68. The third-order valence-corrected chi connectivity index (χ3v) is 3.29. The fraction of sp³-hybridized carbons (Fsp3) is 0.750. The molecule has 1 aromatic heterocycles. The standard InChI is InChI=1S/C12H22ClN3O/c1-9(2)11(14)4-5-12-10(13)8-15-16(12)6-7-17-3/h8-9,11H,4-7,14H2,1-3H3. The van der Waals surface area contributed by atoms with Gasteiger partial charge < -0.3 is 10.5 Å². The van der Waals surface area contributed by atoms with Gasteiger partial charge >= 0.3 is 0 Å². The number of rotatable bonds is 7. The van der Waals surface area contributed by atoms with Crippen LogP contribution in [0.25, 0.3) is 0 Å². The minimum absolute atomic E-state index is 0.205. The lowest BCUT2D eigenvalue weighted by Gasteiger charge is -2.16. The van der Waals surface area contributed by atoms with Crippen LogP contribution in [0.1, 0.15) is 26.0 Å². The second-order valence-corrected chi connectivity index (χ2v) is 5.01. The van der Waals surface area contributed by atoms with Crippen LogP contribution in [0.15, 0.2) is 6.20 Å². The molecule has 98 valence electrons. The van der Waals surface area contributed by atoms with Crippen LogP contribution in [-0.2, 0) is 17.7 Å². The second kappa shape index (κ2) is 6.99. The van der Waals surface area contributed by atoms with Crippen molar-refractivity contribution >= 4 is 11.6 Å². The fourth-order valence-electron chi connectivity index (χ4n) is 1.64. The number of methoxy groups -OCH3 is 1. The van der Waals surface area contributed by atoms with Crippen LogP contribution < -0.4 is 5.73 Å². The summed E-state index contributed by atoms with van der Waals surface area (Å²) in [5.41, 5.74) is 7.09. The number of halogens is 1. The minimum Gasteiger partial charge on any atom is -0.383 e. The molecule has 0 radical (unpaired) electrons. The molecule has 17 heavy (non-hydrogen) atoms. The van der Waals surface area contributed by atoms with Crippen LogP contribution in [0.4, 0.5) is 0 Å². The molecular weight excluding hydrogens is 238 g/mol. The van der Waals surface area contributed by atoms with Crippen molar-refractivity contribution in [1.82, 2.24) is 9.78 Å². The molecule has 5 heteroatoms. The van der Waals surface area contributed by atoms with Crippen molar-refractivity contribution < 1.29 is 4.74 Å². The van der Waals surface area contributed by atoms with E-state index in [2.05, 4.69) is 18.9 Å². The molecule has 1 atom stereocenters. The Balaban J connectivity index is 2.59. The van der Waals surface area contributed by atoms with Crippen molar-refractivity contribution in [2.75, 3.05) is 13.7 Å². The number of hydrogen-bond acceptors (Lipinski definition) is 3. The molecule has 0 aliphatic carbocycles. The molecule has 1 heterocycles. The zero-order valence-electron chi connectivity index (χ0n) is 10.8. The first-order chi connectivity index (χ1) is 8.06. The van der Waals surface area contributed by atoms with Gasteiger partial charge in [0.2, 0.25) is 0 Å². The average Bonchev–Trinajstić information content (AvgIpc) is 2.64. The summed E-state index contributed by atoms with van der Waals surface area (Å²) in [4.78, 5) is 0. The first-order valence-corrected chi connectivity index (χ1v) is 6.38. The second-order valence-electron chi connectivity index (χ2n) is 4.60. The van der Waals surface area contributed by atoms with Gasteiger partial charge in [-0.25, -0.2) is 0 Å². The zero-order chi connectivity index (χ0) is 12.8. The van der Waals surface area contributed by atoms with E-state index in [1.165, 1.54) is 0 Å². The van der Waals surface area contributed by atoms with Crippen molar-refractivity contribution in [2.45, 2.75) is 39.3 Å². The molecule has 0 amide bonds. The Morgan fingerprint density at radius 3 is 2.82 bits per heavy atom. The highest BCUT2D eigenvalue weighted by Crippen LogP contribution is 2.18. The highest BCUT2D eigenvalue weighted by atomic mass is 35.5. The summed E-state index contributed by atoms with van der Waals surface area (Å²) in [5.74, 6) is 0.490. The minimum atomic E-state index is 0.205. The normalized spacial score (nSPS) is 13.3. The molecule has 0 saturated heterocycles. The molecule has 0 spiro atoms. The maximum atomic E-state index is 6.12. The predicted molar refractivity (Wildman–Crippen MR) is 70.2 cm³/mol. The van der Waals surface area contributed by atoms with E-state index in [1.807, 2.05) is 4.68 Å². The van der Waals surface area contributed by atoms with Crippen LogP contribution in [-0.4, -0.2) is 29.5 Å². The molecule has 0 fully saturated rings. The van der Waals surface area contributed by atoms with Crippen molar-refractivity contribution in [3.05, 3.63) is 16.9 Å². The Morgan fingerprint density at radius 1 is 1.53 bits per heavy atom. The molecule has 1 aromatic rings. The Morgan fingerprint density at radius 2 is 2.24 bits per heavy atom. The Labute approximate surface area is 108 Å². The van der Waals surface area contributed by atoms with E-state index in [4.69, 9.17) is 22.1 Å². The summed E-state index contributed by atoms with van der Waals surface area (Å²) in [5, 5.41) is 4.96. The van der Waals surface area contributed by atoms with Gasteiger partial charge in [0.15, 0.2) is 0 Å². The largest absolute Gasteiger partial charge is 0.383 e. The number of hydrogen-bond donors (Lipinski definition) is 1. The van der Waals surface area contributed by atoms with Gasteiger partial charge in [0.05, 0.1) is 30.1 Å². The van der Waals surface area contributed by atoms with Crippen LogP contribution in [0.2, 0.25) is 5.02 Å². The van der Waals surface area contributed by atoms with Gasteiger partial charge in [0.25, 0.3) is 0 Å². The monoisotopic (exact) mass is 259 g/mol. The number of nitrogens with two attached hydrogens (primary N) is 1. The van der Waals surface area contributed by atoms with Crippen molar-refractivity contribution in [2.24, 2.45) is 11.7 Å². The van der Waals surface area contributed by atoms with Crippen LogP contribution in [0, 0.1) is 5.92 Å². The molecule has 0 aliphatic rings. The van der Waals surface area contributed by atoms with Gasteiger partial charge in [-0.1, -0.05) is 25.4 Å². The molecule has 0 bridgehead atoms. The Hall–Kier alpha value is -0.580. The highest BCUT2D eigenvalue weighted by molar-refractivity contribution is 6.31. The molecule has 0 aliphatic heterocycles. The Kier molecular flexibility index (Phi) is 5.95. The number of aromatic nitrogens is 2. The van der Waals surface area contributed by atoms with Gasteiger partial charge in [0, 0.05) is 13.2 Å². The summed E-state index contributed by atoms with van der Waals surface area (Å²) in [6.07, 6.45) is 3.48. The van der Waals surface area contributed by atoms with Gasteiger partial charge in [-0.2, -0.15) is 5.10 Å². The lowest BCUT2D eigenvalue weighted by atomic mass is 9.99. The van der Waals surface area contributed by atoms with Gasteiger partial charge in [-0.3, -0.25) is 4.68 Å². The number of ether oxygens (including phenoxy) is 1. The van der Waals surface area contributed by atoms with Crippen LogP contribution >= 0.6 is 11.6 Å². The molecule has 1 unspecified atom stereocenters.